The molecule has 0 heterocycles. The molecule has 2 amide bonds. The predicted molar refractivity (Wildman–Crippen MR) is 114 cm³/mol. The number of sulfonamides is 1. The van der Waals surface area contributed by atoms with Crippen LogP contribution in [0.2, 0.25) is 0 Å². The van der Waals surface area contributed by atoms with E-state index in [0.717, 1.165) is 17.0 Å². The fraction of sp³-hybridized carbons (Fsp3) is 0.143. The molecule has 0 saturated heterocycles. The van der Waals surface area contributed by atoms with E-state index in [9.17, 15) is 18.0 Å². The zero-order chi connectivity index (χ0) is 20.9. The Bertz CT molecular complexity index is 1160. The lowest BCUT2D eigenvalue weighted by molar-refractivity contribution is -0.116. The second-order valence-corrected chi connectivity index (χ2v) is 8.32. The Balaban J connectivity index is 1.51. The topological polar surface area (TPSA) is 104 Å². The Morgan fingerprint density at radius 2 is 1.59 bits per heavy atom. The Labute approximate surface area is 169 Å². The highest BCUT2D eigenvalue weighted by Crippen LogP contribution is 2.17. The second-order valence-electron chi connectivity index (χ2n) is 6.57. The van der Waals surface area contributed by atoms with Crippen LogP contribution < -0.4 is 15.4 Å². The number of hydrogen-bond acceptors (Lipinski definition) is 4. The first-order chi connectivity index (χ1) is 13.8. The van der Waals surface area contributed by atoms with Crippen molar-refractivity contribution in [1.82, 2.24) is 5.32 Å². The molecule has 3 N–H and O–H groups in total. The van der Waals surface area contributed by atoms with Gasteiger partial charge in [-0.2, -0.15) is 0 Å². The molecule has 0 aliphatic heterocycles. The van der Waals surface area contributed by atoms with Crippen molar-refractivity contribution in [3.8, 4) is 0 Å². The van der Waals surface area contributed by atoms with E-state index in [2.05, 4.69) is 15.4 Å². The fourth-order valence-corrected chi connectivity index (χ4v) is 3.38. The van der Waals surface area contributed by atoms with Gasteiger partial charge in [-0.3, -0.25) is 14.3 Å². The summed E-state index contributed by atoms with van der Waals surface area (Å²) >= 11 is 0. The summed E-state index contributed by atoms with van der Waals surface area (Å²) in [4.78, 5) is 24.4. The van der Waals surface area contributed by atoms with Crippen LogP contribution in [-0.4, -0.2) is 33.0 Å². The van der Waals surface area contributed by atoms with E-state index < -0.39 is 10.0 Å². The highest BCUT2D eigenvalue weighted by atomic mass is 32.2. The van der Waals surface area contributed by atoms with Crippen LogP contribution in [0, 0.1) is 0 Å². The Morgan fingerprint density at radius 3 is 2.34 bits per heavy atom. The van der Waals surface area contributed by atoms with Gasteiger partial charge in [0.05, 0.1) is 11.9 Å². The summed E-state index contributed by atoms with van der Waals surface area (Å²) < 4.78 is 24.9. The van der Waals surface area contributed by atoms with E-state index in [4.69, 9.17) is 0 Å². The SMILES string of the molecule is CS(=O)(=O)Nc1cccc(NC(=O)CCNC(=O)c2ccc3ccccc3c2)c1. The van der Waals surface area contributed by atoms with Gasteiger partial charge in [0.2, 0.25) is 15.9 Å². The smallest absolute Gasteiger partial charge is 0.251 e. The van der Waals surface area contributed by atoms with Crippen molar-refractivity contribution in [3.63, 3.8) is 0 Å². The molecule has 0 aromatic heterocycles. The van der Waals surface area contributed by atoms with Crippen molar-refractivity contribution >= 4 is 44.0 Å². The summed E-state index contributed by atoms with van der Waals surface area (Å²) in [6.45, 7) is 0.179. The predicted octanol–water partition coefficient (Wildman–Crippen LogP) is 2.97. The van der Waals surface area contributed by atoms with Gasteiger partial charge in [0.15, 0.2) is 0 Å². The first-order valence-electron chi connectivity index (χ1n) is 8.95. The molecule has 0 saturated carbocycles. The van der Waals surface area contributed by atoms with E-state index in [0.29, 0.717) is 16.9 Å². The zero-order valence-corrected chi connectivity index (χ0v) is 16.6. The molecule has 3 aromatic carbocycles. The maximum Gasteiger partial charge on any atom is 0.251 e. The van der Waals surface area contributed by atoms with E-state index in [1.54, 1.807) is 24.3 Å². The van der Waals surface area contributed by atoms with E-state index in [1.807, 2.05) is 36.4 Å². The lowest BCUT2D eigenvalue weighted by Gasteiger charge is -2.09. The molecule has 150 valence electrons. The number of hydrogen-bond donors (Lipinski definition) is 3. The molecule has 0 bridgehead atoms. The number of amides is 2. The molecule has 0 atom stereocenters. The highest BCUT2D eigenvalue weighted by molar-refractivity contribution is 7.92. The molecule has 0 aliphatic rings. The summed E-state index contributed by atoms with van der Waals surface area (Å²) in [7, 11) is -3.40. The minimum atomic E-state index is -3.40. The summed E-state index contributed by atoms with van der Waals surface area (Å²) in [6.07, 6.45) is 1.14. The first-order valence-corrected chi connectivity index (χ1v) is 10.8. The average molecular weight is 411 g/mol. The molecule has 8 heteroatoms. The maximum absolute atomic E-state index is 12.3. The fourth-order valence-electron chi connectivity index (χ4n) is 2.82. The van der Waals surface area contributed by atoms with Crippen LogP contribution in [0.4, 0.5) is 11.4 Å². The van der Waals surface area contributed by atoms with Crippen molar-refractivity contribution < 1.29 is 18.0 Å². The van der Waals surface area contributed by atoms with Gasteiger partial charge < -0.3 is 10.6 Å². The van der Waals surface area contributed by atoms with Crippen molar-refractivity contribution in [1.29, 1.82) is 0 Å². The summed E-state index contributed by atoms with van der Waals surface area (Å²) in [5.41, 5.74) is 1.35. The van der Waals surface area contributed by atoms with E-state index >= 15 is 0 Å². The molecule has 0 radical (unpaired) electrons. The minimum Gasteiger partial charge on any atom is -0.352 e. The molecule has 29 heavy (non-hydrogen) atoms. The molecule has 0 spiro atoms. The van der Waals surface area contributed by atoms with Gasteiger partial charge in [0.1, 0.15) is 0 Å². The largest absolute Gasteiger partial charge is 0.352 e. The number of fused-ring (bicyclic) bond motifs is 1. The number of nitrogens with one attached hydrogen (secondary N) is 3. The van der Waals surface area contributed by atoms with E-state index in [-0.39, 0.29) is 24.8 Å². The standard InChI is InChI=1S/C21H21N3O4S/c1-29(27,28)24-19-8-4-7-18(14-19)23-20(25)11-12-22-21(26)17-10-9-15-5-2-3-6-16(15)13-17/h2-10,13-14,24H,11-12H2,1H3,(H,22,26)(H,23,25). The Morgan fingerprint density at radius 1 is 0.862 bits per heavy atom. The van der Waals surface area contributed by atoms with Crippen LogP contribution in [0.25, 0.3) is 10.8 Å². The van der Waals surface area contributed by atoms with Gasteiger partial charge in [-0.25, -0.2) is 8.42 Å². The third-order valence-corrected chi connectivity index (χ3v) is 4.71. The lowest BCUT2D eigenvalue weighted by Crippen LogP contribution is -2.27. The van der Waals surface area contributed by atoms with Gasteiger partial charge >= 0.3 is 0 Å². The van der Waals surface area contributed by atoms with Crippen LogP contribution in [0.15, 0.2) is 66.7 Å². The number of rotatable bonds is 7. The van der Waals surface area contributed by atoms with Crippen molar-refractivity contribution in [2.75, 3.05) is 22.8 Å². The summed E-state index contributed by atoms with van der Waals surface area (Å²) in [5.74, 6) is -0.539. The lowest BCUT2D eigenvalue weighted by atomic mass is 10.1. The number of carbonyl (C=O) groups is 2. The Hall–Kier alpha value is -3.39. The molecule has 0 unspecified atom stereocenters. The third kappa shape index (κ3) is 6.05. The average Bonchev–Trinajstić information content (AvgIpc) is 2.66. The molecular weight excluding hydrogens is 390 g/mol. The molecule has 7 nitrogen and oxygen atoms in total. The van der Waals surface area contributed by atoms with Crippen LogP contribution in [0.5, 0.6) is 0 Å². The molecule has 0 fully saturated rings. The van der Waals surface area contributed by atoms with Gasteiger partial charge in [-0.15, -0.1) is 0 Å². The van der Waals surface area contributed by atoms with Gasteiger partial charge in [0, 0.05) is 24.2 Å². The van der Waals surface area contributed by atoms with Crippen LogP contribution >= 0.6 is 0 Å². The summed E-state index contributed by atoms with van der Waals surface area (Å²) in [5, 5.41) is 7.44. The van der Waals surface area contributed by atoms with Crippen molar-refractivity contribution in [3.05, 3.63) is 72.3 Å². The normalized spacial score (nSPS) is 11.1. The van der Waals surface area contributed by atoms with Crippen LogP contribution in [0.3, 0.4) is 0 Å². The number of anilines is 2. The van der Waals surface area contributed by atoms with Gasteiger partial charge in [-0.1, -0.05) is 36.4 Å². The van der Waals surface area contributed by atoms with E-state index in [1.165, 1.54) is 6.07 Å². The number of carbonyl (C=O) groups excluding carboxylic acids is 2. The monoisotopic (exact) mass is 411 g/mol. The highest BCUT2D eigenvalue weighted by Gasteiger charge is 2.09. The first kappa shape index (κ1) is 20.3. The van der Waals surface area contributed by atoms with Crippen LogP contribution in [0.1, 0.15) is 16.8 Å². The van der Waals surface area contributed by atoms with Crippen molar-refractivity contribution in [2.24, 2.45) is 0 Å². The Kier molecular flexibility index (Phi) is 6.13. The van der Waals surface area contributed by atoms with Gasteiger partial charge in [-0.05, 0) is 41.1 Å². The second kappa shape index (κ2) is 8.74. The molecular formula is C21H21N3O4S. The summed E-state index contributed by atoms with van der Waals surface area (Å²) in [6, 6.07) is 19.6. The maximum atomic E-state index is 12.3. The third-order valence-electron chi connectivity index (χ3n) is 4.10. The van der Waals surface area contributed by atoms with Crippen LogP contribution in [-0.2, 0) is 14.8 Å². The van der Waals surface area contributed by atoms with Crippen molar-refractivity contribution in [2.45, 2.75) is 6.42 Å². The molecule has 3 rings (SSSR count). The molecule has 3 aromatic rings. The molecule has 0 aliphatic carbocycles. The quantitative estimate of drug-likeness (QED) is 0.556. The number of benzene rings is 3. The zero-order valence-electron chi connectivity index (χ0n) is 15.8. The van der Waals surface area contributed by atoms with Gasteiger partial charge in [0.25, 0.3) is 5.91 Å². The minimum absolute atomic E-state index is 0.0864.